The summed E-state index contributed by atoms with van der Waals surface area (Å²) in [4.78, 5) is 17.1. The van der Waals surface area contributed by atoms with E-state index in [2.05, 4.69) is 54.3 Å². The fourth-order valence-corrected chi connectivity index (χ4v) is 8.36. The molecule has 1 spiro atoms. The van der Waals surface area contributed by atoms with Crippen molar-refractivity contribution in [3.05, 3.63) is 59.2 Å². The highest BCUT2D eigenvalue weighted by atomic mass is 16.5. The van der Waals surface area contributed by atoms with Gasteiger partial charge in [0.25, 0.3) is 0 Å². The zero-order valence-electron chi connectivity index (χ0n) is 21.1. The SMILES string of the molecule is COc1ccc2c3c1OC1C(=O)[C@](C)(CCc4ccccc4)CC4C(C2)N(CC2CCC2)CCC314. The van der Waals surface area contributed by atoms with Gasteiger partial charge in [0.15, 0.2) is 23.4 Å². The maximum atomic E-state index is 14.3. The predicted molar refractivity (Wildman–Crippen MR) is 136 cm³/mol. The Morgan fingerprint density at radius 1 is 1.14 bits per heavy atom. The summed E-state index contributed by atoms with van der Waals surface area (Å²) in [5.74, 6) is 3.30. The zero-order chi connectivity index (χ0) is 23.8. The van der Waals surface area contributed by atoms with Crippen molar-refractivity contribution >= 4 is 5.78 Å². The smallest absolute Gasteiger partial charge is 0.180 e. The van der Waals surface area contributed by atoms with Gasteiger partial charge in [-0.25, -0.2) is 0 Å². The molecule has 0 N–H and O–H groups in total. The third kappa shape index (κ3) is 3.05. The topological polar surface area (TPSA) is 38.8 Å². The van der Waals surface area contributed by atoms with Gasteiger partial charge in [0.1, 0.15) is 0 Å². The van der Waals surface area contributed by atoms with E-state index >= 15 is 0 Å². The van der Waals surface area contributed by atoms with Crippen molar-refractivity contribution in [2.45, 2.75) is 75.9 Å². The van der Waals surface area contributed by atoms with Gasteiger partial charge in [-0.15, -0.1) is 0 Å². The fourth-order valence-electron chi connectivity index (χ4n) is 8.36. The normalized spacial score (nSPS) is 35.3. The van der Waals surface area contributed by atoms with E-state index < -0.39 is 0 Å². The fraction of sp³-hybridized carbons (Fsp3) is 0.581. The summed E-state index contributed by atoms with van der Waals surface area (Å²) in [6.45, 7) is 4.55. The molecule has 4 nitrogen and oxygen atoms in total. The number of carbonyl (C=O) groups excluding carboxylic acids is 1. The largest absolute Gasteiger partial charge is 0.493 e. The molecule has 2 aromatic rings. The Labute approximate surface area is 209 Å². The van der Waals surface area contributed by atoms with E-state index in [0.29, 0.717) is 17.7 Å². The maximum Gasteiger partial charge on any atom is 0.180 e. The number of rotatable bonds is 6. The molecule has 2 aromatic carbocycles. The number of nitrogens with zero attached hydrogens (tertiary/aromatic N) is 1. The number of Topliss-reactive ketones (excluding diaryl/α,β-unsaturated/α-hetero) is 1. The average Bonchev–Trinajstić information content (AvgIpc) is 3.19. The molecule has 5 aliphatic rings. The van der Waals surface area contributed by atoms with Crippen LogP contribution >= 0.6 is 0 Å². The Balaban J connectivity index is 1.29. The zero-order valence-corrected chi connectivity index (χ0v) is 21.1. The van der Waals surface area contributed by atoms with Crippen molar-refractivity contribution in [3.8, 4) is 11.5 Å². The highest BCUT2D eigenvalue weighted by molar-refractivity contribution is 5.93. The number of methoxy groups -OCH3 is 1. The van der Waals surface area contributed by atoms with Crippen LogP contribution in [0.25, 0.3) is 0 Å². The van der Waals surface area contributed by atoms with Crippen LogP contribution in [0.3, 0.4) is 0 Å². The summed E-state index contributed by atoms with van der Waals surface area (Å²) in [6, 6.07) is 15.5. The van der Waals surface area contributed by atoms with E-state index in [1.54, 1.807) is 7.11 Å². The quantitative estimate of drug-likeness (QED) is 0.569. The number of hydrogen-bond donors (Lipinski definition) is 0. The lowest BCUT2D eigenvalue weighted by atomic mass is 9.47. The minimum absolute atomic E-state index is 0.179. The summed E-state index contributed by atoms with van der Waals surface area (Å²) in [6.07, 6.45) is 8.69. The van der Waals surface area contributed by atoms with Crippen LogP contribution in [0.15, 0.2) is 42.5 Å². The molecule has 3 fully saturated rings. The standard InChI is InChI=1S/C31H37NO3/c1-30(14-13-20-7-4-3-5-8-20)18-23-24-17-22-11-12-25(34-2)27-26(22)31(23,29(35-27)28(30)33)15-16-32(24)19-21-9-6-10-21/h3-5,7-8,11-12,21,23-24,29H,6,9-10,13-19H2,1-2H3/t23?,24?,29?,30-,31?/m1/s1. The number of ketones is 1. The number of piperidine rings is 1. The number of ether oxygens (including phenoxy) is 2. The summed E-state index contributed by atoms with van der Waals surface area (Å²) in [7, 11) is 1.72. The van der Waals surface area contributed by atoms with E-state index in [1.165, 1.54) is 42.5 Å². The van der Waals surface area contributed by atoms with E-state index in [0.717, 1.165) is 56.1 Å². The minimum Gasteiger partial charge on any atom is -0.493 e. The number of aryl methyl sites for hydroxylation is 1. The Morgan fingerprint density at radius 3 is 2.71 bits per heavy atom. The second-order valence-electron chi connectivity index (χ2n) is 12.2. The van der Waals surface area contributed by atoms with Gasteiger partial charge in [-0.3, -0.25) is 9.69 Å². The van der Waals surface area contributed by atoms with E-state index in [9.17, 15) is 4.79 Å². The molecule has 7 rings (SSSR count). The van der Waals surface area contributed by atoms with Gasteiger partial charge in [0.05, 0.1) is 7.11 Å². The van der Waals surface area contributed by atoms with Gasteiger partial charge < -0.3 is 9.47 Å². The molecule has 0 aromatic heterocycles. The summed E-state index contributed by atoms with van der Waals surface area (Å²) in [5, 5.41) is 0. The minimum atomic E-state index is -0.374. The highest BCUT2D eigenvalue weighted by Crippen LogP contribution is 2.66. The monoisotopic (exact) mass is 471 g/mol. The molecule has 2 heterocycles. The molecule has 1 saturated heterocycles. The first-order valence-corrected chi connectivity index (χ1v) is 13.7. The lowest BCUT2D eigenvalue weighted by Gasteiger charge is -2.61. The van der Waals surface area contributed by atoms with Gasteiger partial charge in [0, 0.05) is 29.0 Å². The highest BCUT2D eigenvalue weighted by Gasteiger charge is 2.69. The lowest BCUT2D eigenvalue weighted by molar-refractivity contribution is -0.155. The summed E-state index contributed by atoms with van der Waals surface area (Å²) < 4.78 is 12.5. The lowest BCUT2D eigenvalue weighted by Crippen LogP contribution is -2.69. The van der Waals surface area contributed by atoms with Crippen LogP contribution in [0.2, 0.25) is 0 Å². The molecule has 4 heteroatoms. The molecule has 2 bridgehead atoms. The van der Waals surface area contributed by atoms with Crippen LogP contribution in [-0.4, -0.2) is 43.0 Å². The molecule has 2 saturated carbocycles. The van der Waals surface area contributed by atoms with Crippen molar-refractivity contribution in [1.82, 2.24) is 4.90 Å². The molecular weight excluding hydrogens is 434 g/mol. The number of benzene rings is 2. The Morgan fingerprint density at radius 2 is 1.97 bits per heavy atom. The third-order valence-corrected chi connectivity index (χ3v) is 10.5. The maximum absolute atomic E-state index is 14.3. The Kier molecular flexibility index (Phi) is 4.90. The molecule has 3 aliphatic carbocycles. The second-order valence-corrected chi connectivity index (χ2v) is 12.2. The average molecular weight is 472 g/mol. The van der Waals surface area contributed by atoms with Crippen LogP contribution in [0.1, 0.15) is 62.1 Å². The van der Waals surface area contributed by atoms with E-state index in [1.807, 2.05) is 0 Å². The van der Waals surface area contributed by atoms with Gasteiger partial charge in [-0.2, -0.15) is 0 Å². The van der Waals surface area contributed by atoms with Gasteiger partial charge in [-0.1, -0.05) is 49.7 Å². The Bertz CT molecular complexity index is 1160. The molecule has 5 atom stereocenters. The van der Waals surface area contributed by atoms with Gasteiger partial charge >= 0.3 is 0 Å². The molecule has 2 aliphatic heterocycles. The third-order valence-electron chi connectivity index (χ3n) is 10.5. The van der Waals surface area contributed by atoms with Crippen LogP contribution in [-0.2, 0) is 23.1 Å². The van der Waals surface area contributed by atoms with E-state index in [4.69, 9.17) is 9.47 Å². The predicted octanol–water partition coefficient (Wildman–Crippen LogP) is 5.35. The van der Waals surface area contributed by atoms with Crippen LogP contribution in [0.5, 0.6) is 11.5 Å². The molecule has 4 unspecified atom stereocenters. The number of carbonyl (C=O) groups is 1. The molecule has 0 amide bonds. The number of hydrogen-bond acceptors (Lipinski definition) is 4. The molecule has 35 heavy (non-hydrogen) atoms. The van der Waals surface area contributed by atoms with Gasteiger partial charge in [-0.05, 0) is 80.5 Å². The first-order chi connectivity index (χ1) is 17.0. The van der Waals surface area contributed by atoms with Crippen LogP contribution in [0.4, 0.5) is 0 Å². The Hall–Kier alpha value is -2.33. The van der Waals surface area contributed by atoms with Crippen molar-refractivity contribution < 1.29 is 14.3 Å². The van der Waals surface area contributed by atoms with Crippen LogP contribution in [0, 0.1) is 17.3 Å². The summed E-state index contributed by atoms with van der Waals surface area (Å²) in [5.41, 5.74) is 3.49. The molecular formula is C31H37NO3. The van der Waals surface area contributed by atoms with Crippen molar-refractivity contribution in [2.75, 3.05) is 20.2 Å². The summed E-state index contributed by atoms with van der Waals surface area (Å²) >= 11 is 0. The van der Waals surface area contributed by atoms with Crippen molar-refractivity contribution in [1.29, 1.82) is 0 Å². The molecule has 184 valence electrons. The van der Waals surface area contributed by atoms with Gasteiger partial charge in [0.2, 0.25) is 0 Å². The van der Waals surface area contributed by atoms with Crippen molar-refractivity contribution in [2.24, 2.45) is 17.3 Å². The second kappa shape index (κ2) is 7.83. The molecule has 0 radical (unpaired) electrons. The van der Waals surface area contributed by atoms with Crippen molar-refractivity contribution in [3.63, 3.8) is 0 Å². The van der Waals surface area contributed by atoms with E-state index in [-0.39, 0.29) is 16.9 Å². The first kappa shape index (κ1) is 21.9. The first-order valence-electron chi connectivity index (χ1n) is 13.7. The number of likely N-dealkylation sites (tertiary alicyclic amines) is 1. The van der Waals surface area contributed by atoms with Crippen LogP contribution < -0.4 is 9.47 Å².